The van der Waals surface area contributed by atoms with Gasteiger partial charge in [0.05, 0.1) is 23.8 Å². The SMILES string of the molecule is COc1cc([N+](=O)[O-])ccc1NCc1cccc(F)c1F. The van der Waals surface area contributed by atoms with Gasteiger partial charge in [-0.25, -0.2) is 8.78 Å². The van der Waals surface area contributed by atoms with Crippen molar-refractivity contribution >= 4 is 11.4 Å². The number of methoxy groups -OCH3 is 1. The predicted molar refractivity (Wildman–Crippen MR) is 73.3 cm³/mol. The molecule has 0 radical (unpaired) electrons. The fraction of sp³-hybridized carbons (Fsp3) is 0.143. The van der Waals surface area contributed by atoms with Crippen molar-refractivity contribution in [3.05, 3.63) is 63.7 Å². The third kappa shape index (κ3) is 3.25. The summed E-state index contributed by atoms with van der Waals surface area (Å²) in [6.07, 6.45) is 0. The minimum Gasteiger partial charge on any atom is -0.494 e. The maximum atomic E-state index is 13.5. The normalized spacial score (nSPS) is 10.2. The lowest BCUT2D eigenvalue weighted by Gasteiger charge is -2.11. The average molecular weight is 294 g/mol. The van der Waals surface area contributed by atoms with Crippen LogP contribution >= 0.6 is 0 Å². The predicted octanol–water partition coefficient (Wildman–Crippen LogP) is 3.49. The van der Waals surface area contributed by atoms with Crippen LogP contribution in [0.4, 0.5) is 20.2 Å². The lowest BCUT2D eigenvalue weighted by Crippen LogP contribution is -2.04. The van der Waals surface area contributed by atoms with Crippen molar-refractivity contribution in [1.29, 1.82) is 0 Å². The van der Waals surface area contributed by atoms with E-state index in [1.165, 1.54) is 37.4 Å². The fourth-order valence-electron chi connectivity index (χ4n) is 1.81. The van der Waals surface area contributed by atoms with E-state index in [4.69, 9.17) is 4.74 Å². The second kappa shape index (κ2) is 6.17. The van der Waals surface area contributed by atoms with Crippen molar-refractivity contribution < 1.29 is 18.4 Å². The maximum absolute atomic E-state index is 13.5. The van der Waals surface area contributed by atoms with Crippen LogP contribution in [0.2, 0.25) is 0 Å². The zero-order valence-corrected chi connectivity index (χ0v) is 11.1. The Morgan fingerprint density at radius 3 is 2.71 bits per heavy atom. The van der Waals surface area contributed by atoms with Crippen molar-refractivity contribution in [2.45, 2.75) is 6.54 Å². The minimum atomic E-state index is -0.926. The summed E-state index contributed by atoms with van der Waals surface area (Å²) in [5.74, 6) is -1.60. The van der Waals surface area contributed by atoms with Crippen LogP contribution in [0.25, 0.3) is 0 Å². The third-order valence-corrected chi connectivity index (χ3v) is 2.90. The van der Waals surface area contributed by atoms with Gasteiger partial charge in [0, 0.05) is 18.2 Å². The highest BCUT2D eigenvalue weighted by molar-refractivity contribution is 5.60. The number of ether oxygens (including phenoxy) is 1. The number of halogens is 2. The lowest BCUT2D eigenvalue weighted by molar-refractivity contribution is -0.384. The van der Waals surface area contributed by atoms with Gasteiger partial charge in [0.1, 0.15) is 5.75 Å². The van der Waals surface area contributed by atoms with Gasteiger partial charge >= 0.3 is 0 Å². The Kier molecular flexibility index (Phi) is 4.32. The number of anilines is 1. The van der Waals surface area contributed by atoms with Crippen molar-refractivity contribution in [2.75, 3.05) is 12.4 Å². The molecule has 21 heavy (non-hydrogen) atoms. The molecule has 0 saturated carbocycles. The van der Waals surface area contributed by atoms with Gasteiger partial charge in [-0.1, -0.05) is 12.1 Å². The molecule has 0 aliphatic carbocycles. The molecule has 0 saturated heterocycles. The molecule has 1 N–H and O–H groups in total. The zero-order valence-electron chi connectivity index (χ0n) is 11.1. The van der Waals surface area contributed by atoms with E-state index in [0.29, 0.717) is 5.69 Å². The monoisotopic (exact) mass is 294 g/mol. The van der Waals surface area contributed by atoms with Gasteiger partial charge < -0.3 is 10.1 Å². The first kappa shape index (κ1) is 14.7. The number of rotatable bonds is 5. The summed E-state index contributed by atoms with van der Waals surface area (Å²) in [7, 11) is 1.37. The molecule has 5 nitrogen and oxygen atoms in total. The molecule has 0 fully saturated rings. The van der Waals surface area contributed by atoms with E-state index in [1.807, 2.05) is 0 Å². The molecule has 2 aromatic rings. The van der Waals surface area contributed by atoms with Crippen LogP contribution in [0.5, 0.6) is 5.75 Å². The summed E-state index contributed by atoms with van der Waals surface area (Å²) < 4.78 is 31.7. The summed E-state index contributed by atoms with van der Waals surface area (Å²) in [5.41, 5.74) is 0.483. The van der Waals surface area contributed by atoms with Crippen LogP contribution in [0.3, 0.4) is 0 Å². The molecule has 0 amide bonds. The molecule has 0 aliphatic rings. The molecule has 0 atom stereocenters. The maximum Gasteiger partial charge on any atom is 0.273 e. The number of hydrogen-bond acceptors (Lipinski definition) is 4. The molecular weight excluding hydrogens is 282 g/mol. The number of nitrogens with zero attached hydrogens (tertiary/aromatic N) is 1. The number of nitrogens with one attached hydrogen (secondary N) is 1. The molecule has 2 aromatic carbocycles. The molecule has 2 rings (SSSR count). The van der Waals surface area contributed by atoms with E-state index in [9.17, 15) is 18.9 Å². The number of benzene rings is 2. The van der Waals surface area contributed by atoms with Gasteiger partial charge in [0.2, 0.25) is 0 Å². The average Bonchev–Trinajstić information content (AvgIpc) is 2.48. The van der Waals surface area contributed by atoms with Gasteiger partial charge in [0.25, 0.3) is 5.69 Å². The quantitative estimate of drug-likeness (QED) is 0.677. The molecule has 0 heterocycles. The van der Waals surface area contributed by atoms with E-state index in [1.54, 1.807) is 0 Å². The number of non-ortho nitro benzene ring substituents is 1. The molecule has 0 unspecified atom stereocenters. The first-order chi connectivity index (χ1) is 10.0. The summed E-state index contributed by atoms with van der Waals surface area (Å²) >= 11 is 0. The molecule has 0 aromatic heterocycles. The van der Waals surface area contributed by atoms with Gasteiger partial charge in [-0.15, -0.1) is 0 Å². The van der Waals surface area contributed by atoms with Gasteiger partial charge in [-0.3, -0.25) is 10.1 Å². The molecule has 0 aliphatic heterocycles. The van der Waals surface area contributed by atoms with Crippen molar-refractivity contribution in [1.82, 2.24) is 0 Å². The lowest BCUT2D eigenvalue weighted by atomic mass is 10.2. The van der Waals surface area contributed by atoms with E-state index >= 15 is 0 Å². The summed E-state index contributed by atoms with van der Waals surface area (Å²) in [6, 6.07) is 7.89. The summed E-state index contributed by atoms with van der Waals surface area (Å²) in [5, 5.41) is 13.5. The Hall–Kier alpha value is -2.70. The highest BCUT2D eigenvalue weighted by atomic mass is 19.2. The Labute approximate surface area is 119 Å². The van der Waals surface area contributed by atoms with Crippen molar-refractivity contribution in [2.24, 2.45) is 0 Å². The molecule has 0 spiro atoms. The van der Waals surface area contributed by atoms with Gasteiger partial charge in [-0.05, 0) is 12.1 Å². The van der Waals surface area contributed by atoms with Crippen molar-refractivity contribution in [3.8, 4) is 5.75 Å². The Bertz CT molecular complexity index is 677. The van der Waals surface area contributed by atoms with Crippen LogP contribution in [0, 0.1) is 21.7 Å². The van der Waals surface area contributed by atoms with E-state index < -0.39 is 16.6 Å². The van der Waals surface area contributed by atoms with E-state index in [2.05, 4.69) is 5.32 Å². The Morgan fingerprint density at radius 2 is 2.05 bits per heavy atom. The largest absolute Gasteiger partial charge is 0.494 e. The number of nitro benzene ring substituents is 1. The van der Waals surface area contributed by atoms with Crippen LogP contribution in [0.15, 0.2) is 36.4 Å². The standard InChI is InChI=1S/C14H12F2N2O3/c1-21-13-7-10(18(19)20)5-6-12(13)17-8-9-3-2-4-11(15)14(9)16/h2-7,17H,8H2,1H3. The van der Waals surface area contributed by atoms with Gasteiger partial charge in [-0.2, -0.15) is 0 Å². The van der Waals surface area contributed by atoms with Crippen LogP contribution < -0.4 is 10.1 Å². The zero-order chi connectivity index (χ0) is 15.4. The minimum absolute atomic E-state index is 0.0256. The fourth-order valence-corrected chi connectivity index (χ4v) is 1.81. The van der Waals surface area contributed by atoms with Crippen LogP contribution in [-0.4, -0.2) is 12.0 Å². The molecule has 7 heteroatoms. The van der Waals surface area contributed by atoms with E-state index in [-0.39, 0.29) is 23.5 Å². The molecular formula is C14H12F2N2O3. The number of hydrogen-bond donors (Lipinski definition) is 1. The Morgan fingerprint density at radius 1 is 1.29 bits per heavy atom. The molecule has 0 bridgehead atoms. The highest BCUT2D eigenvalue weighted by Gasteiger charge is 2.12. The van der Waals surface area contributed by atoms with Crippen molar-refractivity contribution in [3.63, 3.8) is 0 Å². The second-order valence-electron chi connectivity index (χ2n) is 4.21. The third-order valence-electron chi connectivity index (χ3n) is 2.90. The first-order valence-corrected chi connectivity index (χ1v) is 6.02. The Balaban J connectivity index is 2.20. The van der Waals surface area contributed by atoms with Gasteiger partial charge in [0.15, 0.2) is 11.6 Å². The first-order valence-electron chi connectivity index (χ1n) is 6.02. The topological polar surface area (TPSA) is 64.4 Å². The highest BCUT2D eigenvalue weighted by Crippen LogP contribution is 2.29. The smallest absolute Gasteiger partial charge is 0.273 e. The molecule has 110 valence electrons. The summed E-state index contributed by atoms with van der Waals surface area (Å²) in [4.78, 5) is 10.1. The summed E-state index contributed by atoms with van der Waals surface area (Å²) in [6.45, 7) is 0.0256. The number of nitro groups is 1. The van der Waals surface area contributed by atoms with Crippen LogP contribution in [0.1, 0.15) is 5.56 Å². The van der Waals surface area contributed by atoms with Crippen LogP contribution in [-0.2, 0) is 6.54 Å². The second-order valence-corrected chi connectivity index (χ2v) is 4.21. The van der Waals surface area contributed by atoms with E-state index in [0.717, 1.165) is 6.07 Å².